The van der Waals surface area contributed by atoms with Crippen molar-refractivity contribution in [2.45, 2.75) is 38.2 Å². The number of rotatable bonds is 2. The number of nitrogen functional groups attached to an aromatic ring is 1. The molecule has 0 radical (unpaired) electrons. The molecule has 0 aliphatic heterocycles. The maximum Gasteiger partial charge on any atom is 0.180 e. The lowest BCUT2D eigenvalue weighted by molar-refractivity contribution is 0.0877. The zero-order chi connectivity index (χ0) is 9.97. The number of nitrogens with zero attached hydrogens (tertiary/aromatic N) is 1. The summed E-state index contributed by atoms with van der Waals surface area (Å²) in [5.41, 5.74) is 5.54. The number of hydrogen-bond acceptors (Lipinski definition) is 4. The summed E-state index contributed by atoms with van der Waals surface area (Å²) in [6.07, 6.45) is 7.45. The molecule has 0 spiro atoms. The Labute approximate surface area is 88.0 Å². The van der Waals surface area contributed by atoms with Crippen LogP contribution in [0.4, 0.5) is 5.13 Å². The Kier molecular flexibility index (Phi) is 3.03. The third kappa shape index (κ3) is 2.07. The molecule has 14 heavy (non-hydrogen) atoms. The summed E-state index contributed by atoms with van der Waals surface area (Å²) in [7, 11) is 0. The van der Waals surface area contributed by atoms with E-state index in [9.17, 15) is 5.11 Å². The smallest absolute Gasteiger partial charge is 0.180 e. The van der Waals surface area contributed by atoms with Gasteiger partial charge in [-0.2, -0.15) is 0 Å². The summed E-state index contributed by atoms with van der Waals surface area (Å²) in [6.45, 7) is 0. The third-order valence-corrected chi connectivity index (χ3v) is 3.83. The van der Waals surface area contributed by atoms with E-state index in [1.165, 1.54) is 30.6 Å². The van der Waals surface area contributed by atoms with Gasteiger partial charge in [0.05, 0.1) is 11.0 Å². The maximum atomic E-state index is 10.1. The number of hydrogen-bond donors (Lipinski definition) is 2. The fourth-order valence-corrected chi connectivity index (χ4v) is 2.89. The van der Waals surface area contributed by atoms with Gasteiger partial charge in [0.1, 0.15) is 0 Å². The molecule has 1 saturated carbocycles. The van der Waals surface area contributed by atoms with Gasteiger partial charge in [-0.15, -0.1) is 0 Å². The van der Waals surface area contributed by atoms with Crippen LogP contribution in [0.15, 0.2) is 6.20 Å². The van der Waals surface area contributed by atoms with Crippen LogP contribution in [0.1, 0.15) is 43.1 Å². The van der Waals surface area contributed by atoms with Crippen molar-refractivity contribution < 1.29 is 5.11 Å². The Morgan fingerprint density at radius 1 is 1.43 bits per heavy atom. The molecule has 1 fully saturated rings. The van der Waals surface area contributed by atoms with E-state index in [1.54, 1.807) is 6.20 Å². The van der Waals surface area contributed by atoms with E-state index in [0.717, 1.165) is 17.7 Å². The average Bonchev–Trinajstić information content (AvgIpc) is 2.65. The molecule has 1 heterocycles. The van der Waals surface area contributed by atoms with Gasteiger partial charge in [-0.05, 0) is 18.8 Å². The second kappa shape index (κ2) is 4.28. The quantitative estimate of drug-likeness (QED) is 0.791. The van der Waals surface area contributed by atoms with E-state index < -0.39 is 0 Å². The van der Waals surface area contributed by atoms with Crippen molar-refractivity contribution in [2.75, 3.05) is 5.73 Å². The molecule has 4 heteroatoms. The van der Waals surface area contributed by atoms with E-state index in [4.69, 9.17) is 5.73 Å². The van der Waals surface area contributed by atoms with Gasteiger partial charge < -0.3 is 10.8 Å². The predicted molar refractivity (Wildman–Crippen MR) is 58.1 cm³/mol. The average molecular weight is 212 g/mol. The van der Waals surface area contributed by atoms with E-state index in [2.05, 4.69) is 4.98 Å². The number of anilines is 1. The van der Waals surface area contributed by atoms with E-state index in [0.29, 0.717) is 11.0 Å². The minimum atomic E-state index is -0.343. The van der Waals surface area contributed by atoms with Crippen molar-refractivity contribution in [3.63, 3.8) is 0 Å². The molecule has 78 valence electrons. The lowest BCUT2D eigenvalue weighted by atomic mass is 9.85. The minimum Gasteiger partial charge on any atom is -0.387 e. The molecule has 0 amide bonds. The van der Waals surface area contributed by atoms with Gasteiger partial charge in [-0.1, -0.05) is 30.6 Å². The highest BCUT2D eigenvalue weighted by atomic mass is 32.1. The molecule has 1 unspecified atom stereocenters. The first-order valence-electron chi connectivity index (χ1n) is 5.16. The normalized spacial score (nSPS) is 20.9. The van der Waals surface area contributed by atoms with Crippen molar-refractivity contribution >= 4 is 16.5 Å². The fraction of sp³-hybridized carbons (Fsp3) is 0.700. The van der Waals surface area contributed by atoms with E-state index in [1.807, 2.05) is 0 Å². The highest BCUT2D eigenvalue weighted by Crippen LogP contribution is 2.36. The first-order chi connectivity index (χ1) is 6.77. The molecule has 1 aliphatic rings. The Morgan fingerprint density at radius 2 is 2.14 bits per heavy atom. The van der Waals surface area contributed by atoms with Crippen LogP contribution in [0.3, 0.4) is 0 Å². The predicted octanol–water partition coefficient (Wildman–Crippen LogP) is 2.34. The number of aromatic nitrogens is 1. The summed E-state index contributed by atoms with van der Waals surface area (Å²) >= 11 is 1.41. The van der Waals surface area contributed by atoms with Crippen LogP contribution in [0.25, 0.3) is 0 Å². The summed E-state index contributed by atoms with van der Waals surface area (Å²) < 4.78 is 0. The van der Waals surface area contributed by atoms with Gasteiger partial charge in [-0.25, -0.2) is 4.98 Å². The van der Waals surface area contributed by atoms with Gasteiger partial charge in [-0.3, -0.25) is 0 Å². The third-order valence-electron chi connectivity index (χ3n) is 2.93. The Morgan fingerprint density at radius 3 is 2.71 bits per heavy atom. The molecular weight excluding hydrogens is 196 g/mol. The summed E-state index contributed by atoms with van der Waals surface area (Å²) in [6, 6.07) is 0. The second-order valence-electron chi connectivity index (χ2n) is 3.94. The number of thiazole rings is 1. The van der Waals surface area contributed by atoms with Crippen LogP contribution in [-0.4, -0.2) is 10.1 Å². The van der Waals surface area contributed by atoms with Gasteiger partial charge in [0, 0.05) is 6.20 Å². The summed E-state index contributed by atoms with van der Waals surface area (Å²) in [5.74, 6) is 0.420. The molecule has 3 N–H and O–H groups in total. The zero-order valence-electron chi connectivity index (χ0n) is 8.15. The SMILES string of the molecule is Nc1ncc(C(O)C2CCCCC2)s1. The first-order valence-corrected chi connectivity index (χ1v) is 5.98. The van der Waals surface area contributed by atoms with Crippen LogP contribution in [0.5, 0.6) is 0 Å². The van der Waals surface area contributed by atoms with Crippen molar-refractivity contribution in [3.8, 4) is 0 Å². The maximum absolute atomic E-state index is 10.1. The van der Waals surface area contributed by atoms with E-state index in [-0.39, 0.29) is 6.10 Å². The number of nitrogens with two attached hydrogens (primary N) is 1. The molecule has 0 saturated heterocycles. The van der Waals surface area contributed by atoms with Gasteiger partial charge in [0.2, 0.25) is 0 Å². The molecule has 0 aromatic carbocycles. The van der Waals surface area contributed by atoms with Crippen molar-refractivity contribution in [1.29, 1.82) is 0 Å². The van der Waals surface area contributed by atoms with Crippen molar-refractivity contribution in [1.82, 2.24) is 4.98 Å². The van der Waals surface area contributed by atoms with Crippen molar-refractivity contribution in [3.05, 3.63) is 11.1 Å². The van der Waals surface area contributed by atoms with Gasteiger partial charge in [0.25, 0.3) is 0 Å². The minimum absolute atomic E-state index is 0.343. The molecule has 1 aromatic rings. The molecule has 1 aromatic heterocycles. The number of aliphatic hydroxyl groups excluding tert-OH is 1. The van der Waals surface area contributed by atoms with Crippen LogP contribution in [0.2, 0.25) is 0 Å². The first kappa shape index (κ1) is 9.93. The molecule has 0 bridgehead atoms. The number of aliphatic hydroxyl groups is 1. The van der Waals surface area contributed by atoms with Crippen LogP contribution >= 0.6 is 11.3 Å². The van der Waals surface area contributed by atoms with Crippen LogP contribution < -0.4 is 5.73 Å². The zero-order valence-corrected chi connectivity index (χ0v) is 8.96. The van der Waals surface area contributed by atoms with Gasteiger partial charge in [0.15, 0.2) is 5.13 Å². The topological polar surface area (TPSA) is 59.1 Å². The molecule has 1 aliphatic carbocycles. The Bertz CT molecular complexity index is 294. The van der Waals surface area contributed by atoms with Gasteiger partial charge >= 0.3 is 0 Å². The van der Waals surface area contributed by atoms with Crippen molar-refractivity contribution in [2.24, 2.45) is 5.92 Å². The lowest BCUT2D eigenvalue weighted by Crippen LogP contribution is -2.14. The summed E-state index contributed by atoms with van der Waals surface area (Å²) in [5, 5.41) is 10.6. The molecule has 2 rings (SSSR count). The second-order valence-corrected chi connectivity index (χ2v) is 5.04. The monoisotopic (exact) mass is 212 g/mol. The molecule has 1 atom stereocenters. The van der Waals surface area contributed by atoms with E-state index >= 15 is 0 Å². The van der Waals surface area contributed by atoms with Crippen LogP contribution in [-0.2, 0) is 0 Å². The summed E-state index contributed by atoms with van der Waals surface area (Å²) in [4.78, 5) is 4.89. The largest absolute Gasteiger partial charge is 0.387 e. The highest BCUT2D eigenvalue weighted by Gasteiger charge is 2.24. The highest BCUT2D eigenvalue weighted by molar-refractivity contribution is 7.15. The Hall–Kier alpha value is -0.610. The lowest BCUT2D eigenvalue weighted by Gasteiger charge is -2.25. The van der Waals surface area contributed by atoms with Crippen LogP contribution in [0, 0.1) is 5.92 Å². The molecular formula is C10H16N2OS. The standard InChI is InChI=1S/C10H16N2OS/c11-10-12-6-8(14-10)9(13)7-4-2-1-3-5-7/h6-7,9,13H,1-5H2,(H2,11,12). The Balaban J connectivity index is 2.03. The fourth-order valence-electron chi connectivity index (χ4n) is 2.12. The molecule has 3 nitrogen and oxygen atoms in total.